The zero-order valence-electron chi connectivity index (χ0n) is 18.5. The molecule has 9 heteroatoms. The smallest absolute Gasteiger partial charge is 0.230 e. The van der Waals surface area contributed by atoms with Crippen LogP contribution in [0.3, 0.4) is 0 Å². The van der Waals surface area contributed by atoms with Crippen molar-refractivity contribution in [1.82, 2.24) is 9.97 Å². The molecule has 0 atom stereocenters. The van der Waals surface area contributed by atoms with E-state index >= 15 is 0 Å². The minimum Gasteiger partial charge on any atom is -0.436 e. The van der Waals surface area contributed by atoms with Gasteiger partial charge in [0.25, 0.3) is 0 Å². The molecule has 0 bridgehead atoms. The number of oxazole rings is 2. The summed E-state index contributed by atoms with van der Waals surface area (Å²) in [5.74, 6) is -1.24. The van der Waals surface area contributed by atoms with Crippen LogP contribution in [-0.2, 0) is 0 Å². The van der Waals surface area contributed by atoms with Gasteiger partial charge in [0.2, 0.25) is 11.8 Å². The summed E-state index contributed by atoms with van der Waals surface area (Å²) in [6.45, 7) is 0. The first kappa shape index (κ1) is 21.5. The van der Waals surface area contributed by atoms with Crippen molar-refractivity contribution in [2.45, 2.75) is 0 Å². The van der Waals surface area contributed by atoms with Crippen molar-refractivity contribution in [3.63, 3.8) is 0 Å². The highest BCUT2D eigenvalue weighted by Crippen LogP contribution is 2.30. The molecule has 0 aliphatic rings. The van der Waals surface area contributed by atoms with Crippen molar-refractivity contribution < 1.29 is 22.4 Å². The van der Waals surface area contributed by atoms with Gasteiger partial charge in [0.05, 0.1) is 11.1 Å². The lowest BCUT2D eigenvalue weighted by Gasteiger charge is -2.00. The summed E-state index contributed by atoms with van der Waals surface area (Å²) in [5, 5.41) is 0. The third-order valence-corrected chi connectivity index (χ3v) is 5.75. The van der Waals surface area contributed by atoms with Crippen molar-refractivity contribution in [2.75, 3.05) is 11.5 Å². The Kier molecular flexibility index (Phi) is 4.78. The minimum absolute atomic E-state index is 0.0820. The predicted octanol–water partition coefficient (Wildman–Crippen LogP) is 5.98. The molecule has 0 radical (unpaired) electrons. The molecule has 0 unspecified atom stereocenters. The van der Waals surface area contributed by atoms with Gasteiger partial charge in [-0.2, -0.15) is 0 Å². The molecule has 2 heterocycles. The predicted molar refractivity (Wildman–Crippen MR) is 131 cm³/mol. The van der Waals surface area contributed by atoms with Crippen LogP contribution in [0, 0.1) is 11.6 Å². The number of benzene rings is 4. The topological polar surface area (TPSA) is 121 Å². The maximum atomic E-state index is 14.3. The van der Waals surface area contributed by atoms with Gasteiger partial charge < -0.3 is 20.3 Å². The summed E-state index contributed by atoms with van der Waals surface area (Å²) in [6.07, 6.45) is 0. The van der Waals surface area contributed by atoms with Crippen LogP contribution in [0.15, 0.2) is 81.6 Å². The second kappa shape index (κ2) is 8.02. The Labute approximate surface area is 202 Å². The van der Waals surface area contributed by atoms with Gasteiger partial charge in [-0.05, 0) is 72.8 Å². The molecular formula is C27H16F2N4O3. The molecule has 0 amide bonds. The summed E-state index contributed by atoms with van der Waals surface area (Å²) >= 11 is 0. The van der Waals surface area contributed by atoms with E-state index in [1.807, 2.05) is 0 Å². The molecule has 0 aliphatic heterocycles. The molecular weight excluding hydrogens is 466 g/mol. The number of nitrogens with two attached hydrogens (primary N) is 2. The van der Waals surface area contributed by atoms with E-state index in [-0.39, 0.29) is 40.1 Å². The average molecular weight is 482 g/mol. The van der Waals surface area contributed by atoms with Crippen molar-refractivity contribution >= 4 is 39.4 Å². The first-order valence-electron chi connectivity index (χ1n) is 10.8. The lowest BCUT2D eigenvalue weighted by molar-refractivity contribution is 0.103. The Hall–Kier alpha value is -5.05. The number of hydrogen-bond acceptors (Lipinski definition) is 7. The molecule has 6 rings (SSSR count). The number of aromatic nitrogens is 2. The van der Waals surface area contributed by atoms with Gasteiger partial charge in [0.15, 0.2) is 16.9 Å². The van der Waals surface area contributed by atoms with Gasteiger partial charge in [-0.25, -0.2) is 18.7 Å². The number of ketones is 1. The molecule has 0 aliphatic carbocycles. The molecule has 4 aromatic carbocycles. The Balaban J connectivity index is 1.34. The first-order chi connectivity index (χ1) is 17.4. The minimum atomic E-state index is -0.558. The highest BCUT2D eigenvalue weighted by atomic mass is 19.1. The van der Waals surface area contributed by atoms with Crippen LogP contribution in [0.5, 0.6) is 0 Å². The molecule has 0 spiro atoms. The molecule has 0 saturated carbocycles. The molecule has 4 N–H and O–H groups in total. The largest absolute Gasteiger partial charge is 0.436 e. The molecule has 0 fully saturated rings. The van der Waals surface area contributed by atoms with E-state index in [4.69, 9.17) is 20.3 Å². The van der Waals surface area contributed by atoms with E-state index in [1.54, 1.807) is 48.5 Å². The molecule has 0 saturated heterocycles. The zero-order valence-corrected chi connectivity index (χ0v) is 18.5. The summed E-state index contributed by atoms with van der Waals surface area (Å²) in [4.78, 5) is 21.9. The number of anilines is 2. The molecule has 2 aromatic heterocycles. The van der Waals surface area contributed by atoms with Gasteiger partial charge in [-0.1, -0.05) is 0 Å². The molecule has 36 heavy (non-hydrogen) atoms. The summed E-state index contributed by atoms with van der Waals surface area (Å²) in [6, 6.07) is 18.0. The van der Waals surface area contributed by atoms with E-state index in [1.165, 1.54) is 24.3 Å². The van der Waals surface area contributed by atoms with Gasteiger partial charge in [-0.15, -0.1) is 0 Å². The number of nitrogens with zero attached hydrogens (tertiary/aromatic N) is 2. The van der Waals surface area contributed by atoms with E-state index in [0.717, 1.165) is 0 Å². The number of halogens is 2. The van der Waals surface area contributed by atoms with E-state index in [0.29, 0.717) is 33.3 Å². The molecule has 6 aromatic rings. The third kappa shape index (κ3) is 3.63. The number of rotatable bonds is 4. The SMILES string of the molecule is Nc1ccc(-c2nc3cc(C(=O)c4ccc5oc(-c6ccc(N)cc6F)nc5c4)ccc3o2)c(F)c1. The van der Waals surface area contributed by atoms with Crippen LogP contribution in [0.2, 0.25) is 0 Å². The molecule has 7 nitrogen and oxygen atoms in total. The number of fused-ring (bicyclic) bond motifs is 2. The second-order valence-electron chi connectivity index (χ2n) is 8.21. The number of nitrogen functional groups attached to an aromatic ring is 2. The quantitative estimate of drug-likeness (QED) is 0.234. The Morgan fingerprint density at radius 3 is 1.50 bits per heavy atom. The fourth-order valence-electron chi connectivity index (χ4n) is 3.94. The monoisotopic (exact) mass is 482 g/mol. The summed E-state index contributed by atoms with van der Waals surface area (Å²) in [7, 11) is 0. The van der Waals surface area contributed by atoms with Crippen molar-refractivity contribution in [3.8, 4) is 22.9 Å². The normalized spacial score (nSPS) is 11.4. The fraction of sp³-hybridized carbons (Fsp3) is 0. The van der Waals surface area contributed by atoms with Crippen molar-refractivity contribution in [2.24, 2.45) is 0 Å². The molecule has 176 valence electrons. The van der Waals surface area contributed by atoms with Crippen molar-refractivity contribution in [1.29, 1.82) is 0 Å². The van der Waals surface area contributed by atoms with Crippen molar-refractivity contribution in [3.05, 3.63) is 95.6 Å². The Morgan fingerprint density at radius 1 is 0.639 bits per heavy atom. The second-order valence-corrected chi connectivity index (χ2v) is 8.21. The lowest BCUT2D eigenvalue weighted by atomic mass is 10.0. The number of hydrogen-bond donors (Lipinski definition) is 2. The number of carbonyl (C=O) groups is 1. The van der Waals surface area contributed by atoms with Gasteiger partial charge in [0.1, 0.15) is 22.7 Å². The average Bonchev–Trinajstić information content (AvgIpc) is 3.46. The van der Waals surface area contributed by atoms with Gasteiger partial charge >= 0.3 is 0 Å². The Morgan fingerprint density at radius 2 is 1.08 bits per heavy atom. The highest BCUT2D eigenvalue weighted by Gasteiger charge is 2.18. The maximum absolute atomic E-state index is 14.3. The first-order valence-corrected chi connectivity index (χ1v) is 10.8. The van der Waals surface area contributed by atoms with E-state index < -0.39 is 11.6 Å². The highest BCUT2D eigenvalue weighted by molar-refractivity contribution is 6.11. The zero-order chi connectivity index (χ0) is 25.0. The van der Waals surface area contributed by atoms with Crippen LogP contribution in [0.1, 0.15) is 15.9 Å². The standard InChI is InChI=1S/C27H16F2N4O3/c28-19-11-15(30)3-5-17(19)26-32-21-9-13(1-7-23(21)35-26)25(34)14-2-8-24-22(10-14)33-27(36-24)18-6-4-16(31)12-20(18)29/h1-12H,30-31H2. The van der Waals surface area contributed by atoms with Crippen LogP contribution < -0.4 is 11.5 Å². The van der Waals surface area contributed by atoms with Crippen LogP contribution in [0.4, 0.5) is 20.2 Å². The van der Waals surface area contributed by atoms with Crippen LogP contribution in [-0.4, -0.2) is 15.8 Å². The summed E-state index contributed by atoms with van der Waals surface area (Å²) in [5.41, 5.74) is 14.4. The Bertz CT molecular complexity index is 1690. The third-order valence-electron chi connectivity index (χ3n) is 5.75. The van der Waals surface area contributed by atoms with Crippen LogP contribution in [0.25, 0.3) is 45.1 Å². The van der Waals surface area contributed by atoms with E-state index in [9.17, 15) is 13.6 Å². The van der Waals surface area contributed by atoms with Gasteiger partial charge in [0, 0.05) is 22.5 Å². The maximum Gasteiger partial charge on any atom is 0.230 e. The van der Waals surface area contributed by atoms with Gasteiger partial charge in [-0.3, -0.25) is 4.79 Å². The summed E-state index contributed by atoms with van der Waals surface area (Å²) < 4.78 is 39.9. The van der Waals surface area contributed by atoms with E-state index in [2.05, 4.69) is 9.97 Å². The lowest BCUT2D eigenvalue weighted by Crippen LogP contribution is -2.00. The fourth-order valence-corrected chi connectivity index (χ4v) is 3.94. The van der Waals surface area contributed by atoms with Crippen LogP contribution >= 0.6 is 0 Å². The number of carbonyl (C=O) groups excluding carboxylic acids is 1.